The summed E-state index contributed by atoms with van der Waals surface area (Å²) >= 11 is 0. The van der Waals surface area contributed by atoms with Crippen LogP contribution in [0, 0.1) is 0 Å². The number of aliphatic hydroxyl groups excluding tert-OH is 1. The minimum atomic E-state index is -3.55. The Labute approximate surface area is 133 Å². The molecule has 0 aromatic heterocycles. The molecule has 1 aromatic carbocycles. The topological polar surface area (TPSA) is 69.6 Å². The Hall–Kier alpha value is -0.950. The third-order valence-electron chi connectivity index (χ3n) is 4.33. The summed E-state index contributed by atoms with van der Waals surface area (Å²) in [6.07, 6.45) is 3.96. The molecule has 0 bridgehead atoms. The maximum absolute atomic E-state index is 12.5. The summed E-state index contributed by atoms with van der Waals surface area (Å²) in [6, 6.07) is 9.15. The van der Waals surface area contributed by atoms with Gasteiger partial charge in [-0.2, -0.15) is 17.4 Å². The number of aliphatic hydroxyl groups is 1. The lowest BCUT2D eigenvalue weighted by atomic mass is 9.94. The zero-order valence-electron chi connectivity index (χ0n) is 13.1. The molecule has 1 heterocycles. The van der Waals surface area contributed by atoms with Crippen molar-refractivity contribution in [2.75, 3.05) is 19.7 Å². The van der Waals surface area contributed by atoms with Crippen LogP contribution in [0.5, 0.6) is 0 Å². The summed E-state index contributed by atoms with van der Waals surface area (Å²) in [4.78, 5) is 0. The Kier molecular flexibility index (Phi) is 6.37. The first-order valence-corrected chi connectivity index (χ1v) is 9.42. The zero-order valence-corrected chi connectivity index (χ0v) is 13.9. The van der Waals surface area contributed by atoms with Crippen molar-refractivity contribution in [3.05, 3.63) is 35.9 Å². The number of hydrogen-bond donors (Lipinski definition) is 2. The molecule has 1 fully saturated rings. The van der Waals surface area contributed by atoms with E-state index in [0.717, 1.165) is 31.2 Å². The monoisotopic (exact) mass is 326 g/mol. The fourth-order valence-electron chi connectivity index (χ4n) is 2.83. The minimum absolute atomic E-state index is 0.0899. The lowest BCUT2D eigenvalue weighted by Crippen LogP contribution is -2.48. The van der Waals surface area contributed by atoms with Gasteiger partial charge in [-0.3, -0.25) is 0 Å². The number of rotatable bonds is 6. The van der Waals surface area contributed by atoms with Crippen molar-refractivity contribution in [2.24, 2.45) is 0 Å². The molecule has 1 aliphatic rings. The first-order valence-electron chi connectivity index (χ1n) is 7.98. The Morgan fingerprint density at radius 2 is 1.73 bits per heavy atom. The zero-order chi connectivity index (χ0) is 16.0. The highest BCUT2D eigenvalue weighted by Crippen LogP contribution is 2.20. The van der Waals surface area contributed by atoms with E-state index in [2.05, 4.69) is 4.72 Å². The molecule has 2 N–H and O–H groups in total. The summed E-state index contributed by atoms with van der Waals surface area (Å²) in [6.45, 7) is 2.84. The third-order valence-corrected chi connectivity index (χ3v) is 5.98. The summed E-state index contributed by atoms with van der Waals surface area (Å²) < 4.78 is 29.3. The highest BCUT2D eigenvalue weighted by atomic mass is 32.2. The van der Waals surface area contributed by atoms with Gasteiger partial charge in [-0.1, -0.05) is 50.1 Å². The summed E-state index contributed by atoms with van der Waals surface area (Å²) in [5, 5.41) is 9.63. The Morgan fingerprint density at radius 1 is 1.14 bits per heavy atom. The molecule has 22 heavy (non-hydrogen) atoms. The van der Waals surface area contributed by atoms with Crippen LogP contribution in [0.3, 0.4) is 0 Å². The molecule has 124 valence electrons. The first kappa shape index (κ1) is 17.4. The standard InChI is InChI=1S/C16H26N2O3S/c1-14(15-9-5-4-6-10-15)16(13-19)17-22(20,21)18-11-7-2-3-8-12-18/h4-6,9-10,14,16-17,19H,2-3,7-8,11-13H2,1H3/t14-,16-/m0/s1. The van der Waals surface area contributed by atoms with Crippen LogP contribution in [0.2, 0.25) is 0 Å². The number of benzene rings is 1. The molecule has 2 rings (SSSR count). The van der Waals surface area contributed by atoms with Crippen molar-refractivity contribution in [3.8, 4) is 0 Å². The smallest absolute Gasteiger partial charge is 0.279 e. The van der Waals surface area contributed by atoms with Crippen LogP contribution in [0.4, 0.5) is 0 Å². The average Bonchev–Trinajstić information content (AvgIpc) is 2.82. The third kappa shape index (κ3) is 4.52. The first-order chi connectivity index (χ1) is 10.5. The number of nitrogens with one attached hydrogen (secondary N) is 1. The molecule has 0 radical (unpaired) electrons. The maximum atomic E-state index is 12.5. The van der Waals surface area contributed by atoms with E-state index in [0.29, 0.717) is 13.1 Å². The fraction of sp³-hybridized carbons (Fsp3) is 0.625. The van der Waals surface area contributed by atoms with Crippen LogP contribution in [0.15, 0.2) is 30.3 Å². The van der Waals surface area contributed by atoms with Gasteiger partial charge in [0.1, 0.15) is 0 Å². The second-order valence-corrected chi connectivity index (χ2v) is 7.63. The molecule has 5 nitrogen and oxygen atoms in total. The highest BCUT2D eigenvalue weighted by Gasteiger charge is 2.28. The SMILES string of the molecule is C[C@@H](c1ccccc1)[C@H](CO)NS(=O)(=O)N1CCCCCC1. The molecule has 0 unspecified atom stereocenters. The van der Waals surface area contributed by atoms with Crippen LogP contribution in [-0.4, -0.2) is 43.6 Å². The number of nitrogens with zero attached hydrogens (tertiary/aromatic N) is 1. The van der Waals surface area contributed by atoms with Crippen molar-refractivity contribution in [3.63, 3.8) is 0 Å². The van der Waals surface area contributed by atoms with Crippen molar-refractivity contribution in [2.45, 2.75) is 44.6 Å². The van der Waals surface area contributed by atoms with Crippen LogP contribution in [-0.2, 0) is 10.2 Å². The average molecular weight is 326 g/mol. The van der Waals surface area contributed by atoms with Gasteiger partial charge in [-0.15, -0.1) is 0 Å². The van der Waals surface area contributed by atoms with Gasteiger partial charge in [0.05, 0.1) is 12.6 Å². The largest absolute Gasteiger partial charge is 0.395 e. The fourth-order valence-corrected chi connectivity index (χ4v) is 4.38. The van der Waals surface area contributed by atoms with E-state index in [1.165, 1.54) is 4.31 Å². The van der Waals surface area contributed by atoms with Crippen molar-refractivity contribution in [1.29, 1.82) is 0 Å². The van der Waals surface area contributed by atoms with Crippen molar-refractivity contribution < 1.29 is 13.5 Å². The van der Waals surface area contributed by atoms with Gasteiger partial charge in [0.2, 0.25) is 0 Å². The molecular formula is C16H26N2O3S. The lowest BCUT2D eigenvalue weighted by Gasteiger charge is -2.27. The molecule has 1 aliphatic heterocycles. The van der Waals surface area contributed by atoms with E-state index in [9.17, 15) is 13.5 Å². The van der Waals surface area contributed by atoms with Gasteiger partial charge < -0.3 is 5.11 Å². The van der Waals surface area contributed by atoms with E-state index < -0.39 is 16.3 Å². The molecule has 0 aliphatic carbocycles. The second kappa shape index (κ2) is 8.06. The summed E-state index contributed by atoms with van der Waals surface area (Å²) in [5.41, 5.74) is 1.01. The van der Waals surface area contributed by atoms with E-state index in [-0.39, 0.29) is 12.5 Å². The van der Waals surface area contributed by atoms with Gasteiger partial charge >= 0.3 is 0 Å². The normalized spacial score (nSPS) is 20.3. The van der Waals surface area contributed by atoms with Gasteiger partial charge in [0.25, 0.3) is 10.2 Å². The molecule has 0 saturated carbocycles. The Bertz CT molecular complexity index is 540. The lowest BCUT2D eigenvalue weighted by molar-refractivity contribution is 0.239. The van der Waals surface area contributed by atoms with E-state index in [1.807, 2.05) is 37.3 Å². The van der Waals surface area contributed by atoms with E-state index in [4.69, 9.17) is 0 Å². The predicted molar refractivity (Wildman–Crippen MR) is 87.8 cm³/mol. The molecule has 1 aromatic rings. The Morgan fingerprint density at radius 3 is 2.27 bits per heavy atom. The maximum Gasteiger partial charge on any atom is 0.279 e. The highest BCUT2D eigenvalue weighted by molar-refractivity contribution is 7.87. The minimum Gasteiger partial charge on any atom is -0.395 e. The second-order valence-electron chi connectivity index (χ2n) is 5.92. The number of hydrogen-bond acceptors (Lipinski definition) is 3. The van der Waals surface area contributed by atoms with Gasteiger partial charge in [-0.05, 0) is 24.3 Å². The molecule has 2 atom stereocenters. The molecule has 0 spiro atoms. The van der Waals surface area contributed by atoms with Crippen LogP contribution in [0.25, 0.3) is 0 Å². The van der Waals surface area contributed by atoms with E-state index in [1.54, 1.807) is 0 Å². The van der Waals surface area contributed by atoms with Crippen molar-refractivity contribution in [1.82, 2.24) is 9.03 Å². The summed E-state index contributed by atoms with van der Waals surface area (Å²) in [7, 11) is -3.55. The molecule has 6 heteroatoms. The molecule has 1 saturated heterocycles. The van der Waals surface area contributed by atoms with Gasteiger partial charge in [0, 0.05) is 13.1 Å². The summed E-state index contributed by atoms with van der Waals surface area (Å²) in [5.74, 6) is -0.0899. The van der Waals surface area contributed by atoms with Crippen molar-refractivity contribution >= 4 is 10.2 Å². The van der Waals surface area contributed by atoms with Gasteiger partial charge in [-0.25, -0.2) is 0 Å². The van der Waals surface area contributed by atoms with Crippen LogP contribution in [0.1, 0.15) is 44.1 Å². The van der Waals surface area contributed by atoms with Crippen LogP contribution < -0.4 is 4.72 Å². The predicted octanol–water partition coefficient (Wildman–Crippen LogP) is 1.86. The van der Waals surface area contributed by atoms with E-state index >= 15 is 0 Å². The Balaban J connectivity index is 2.08. The molecule has 0 amide bonds. The molecular weight excluding hydrogens is 300 g/mol. The quantitative estimate of drug-likeness (QED) is 0.838. The van der Waals surface area contributed by atoms with Gasteiger partial charge in [0.15, 0.2) is 0 Å². The van der Waals surface area contributed by atoms with Crippen LogP contribution >= 0.6 is 0 Å².